The van der Waals surface area contributed by atoms with Gasteiger partial charge in [0.15, 0.2) is 17.3 Å². The molecule has 29 heavy (non-hydrogen) atoms. The quantitative estimate of drug-likeness (QED) is 0.675. The van der Waals surface area contributed by atoms with Gasteiger partial charge in [-0.1, -0.05) is 12.1 Å². The molecule has 0 unspecified atom stereocenters. The molecule has 5 rings (SSSR count). The van der Waals surface area contributed by atoms with Crippen LogP contribution in [0, 0.1) is 0 Å². The Balaban J connectivity index is 1.13. The summed E-state index contributed by atoms with van der Waals surface area (Å²) >= 11 is 1.70. The summed E-state index contributed by atoms with van der Waals surface area (Å²) < 4.78 is 10.7. The number of ether oxygens (including phenoxy) is 2. The molecule has 7 nitrogen and oxygen atoms in total. The molecule has 150 valence electrons. The summed E-state index contributed by atoms with van der Waals surface area (Å²) in [6.07, 6.45) is 2.17. The highest BCUT2D eigenvalue weighted by molar-refractivity contribution is 7.13. The number of aromatic amines is 1. The fourth-order valence-electron chi connectivity index (χ4n) is 3.80. The van der Waals surface area contributed by atoms with Gasteiger partial charge in [-0.05, 0) is 42.0 Å². The van der Waals surface area contributed by atoms with Crippen LogP contribution in [0.3, 0.4) is 0 Å². The zero-order valence-electron chi connectivity index (χ0n) is 15.9. The van der Waals surface area contributed by atoms with E-state index >= 15 is 0 Å². The summed E-state index contributed by atoms with van der Waals surface area (Å²) in [6.45, 7) is 2.00. The normalized spacial score (nSPS) is 16.2. The lowest BCUT2D eigenvalue weighted by Crippen LogP contribution is -2.45. The molecule has 0 radical (unpaired) electrons. The first-order valence-electron chi connectivity index (χ1n) is 9.77. The van der Waals surface area contributed by atoms with Crippen LogP contribution in [0.2, 0.25) is 0 Å². The van der Waals surface area contributed by atoms with Crippen molar-refractivity contribution in [2.45, 2.75) is 25.3 Å². The number of hydrogen-bond acceptors (Lipinski definition) is 6. The predicted molar refractivity (Wildman–Crippen MR) is 112 cm³/mol. The molecule has 1 aromatic carbocycles. The molecule has 0 spiro atoms. The van der Waals surface area contributed by atoms with Crippen LogP contribution in [0.15, 0.2) is 41.8 Å². The van der Waals surface area contributed by atoms with E-state index < -0.39 is 0 Å². The molecule has 0 saturated carbocycles. The van der Waals surface area contributed by atoms with Crippen LogP contribution in [-0.4, -0.2) is 42.0 Å². The molecule has 0 aliphatic carbocycles. The van der Waals surface area contributed by atoms with Crippen LogP contribution >= 0.6 is 11.3 Å². The molecular formula is C21H22N4O3S. The second-order valence-corrected chi connectivity index (χ2v) is 8.26. The summed E-state index contributed by atoms with van der Waals surface area (Å²) in [5, 5.41) is 12.8. The van der Waals surface area contributed by atoms with Crippen LogP contribution in [0.25, 0.3) is 10.6 Å². The molecule has 2 aromatic heterocycles. The summed E-state index contributed by atoms with van der Waals surface area (Å²) in [5.41, 5.74) is 1.98. The van der Waals surface area contributed by atoms with E-state index in [2.05, 4.69) is 37.9 Å². The number of fused-ring (bicyclic) bond motifs is 1. The van der Waals surface area contributed by atoms with Crippen molar-refractivity contribution in [2.24, 2.45) is 0 Å². The zero-order chi connectivity index (χ0) is 19.6. The Bertz CT molecular complexity index is 993. The Morgan fingerprint density at radius 3 is 2.90 bits per heavy atom. The number of carbonyl (C=O) groups is 1. The van der Waals surface area contributed by atoms with Gasteiger partial charge in [-0.15, -0.1) is 11.3 Å². The van der Waals surface area contributed by atoms with Gasteiger partial charge >= 0.3 is 0 Å². The van der Waals surface area contributed by atoms with Gasteiger partial charge in [0.2, 0.25) is 12.7 Å². The summed E-state index contributed by atoms with van der Waals surface area (Å²) in [4.78, 5) is 15.9. The monoisotopic (exact) mass is 410 g/mol. The number of H-pyrrole nitrogens is 1. The molecule has 3 aromatic rings. The fraction of sp³-hybridized carbons (Fsp3) is 0.333. The highest BCUT2D eigenvalue weighted by atomic mass is 32.1. The number of benzene rings is 1. The van der Waals surface area contributed by atoms with Crippen molar-refractivity contribution in [2.75, 3.05) is 24.8 Å². The maximum atomic E-state index is 12.5. The van der Waals surface area contributed by atoms with E-state index in [4.69, 9.17) is 9.47 Å². The predicted octanol–water partition coefficient (Wildman–Crippen LogP) is 3.19. The topological polar surface area (TPSA) is 79.5 Å². The molecule has 1 saturated heterocycles. The second-order valence-electron chi connectivity index (χ2n) is 7.31. The molecule has 1 fully saturated rings. The average molecular weight is 410 g/mol. The third kappa shape index (κ3) is 3.93. The molecule has 0 atom stereocenters. The van der Waals surface area contributed by atoms with E-state index in [9.17, 15) is 4.79 Å². The number of rotatable bonds is 5. The number of amides is 1. The van der Waals surface area contributed by atoms with Crippen LogP contribution in [-0.2, 0) is 11.2 Å². The number of anilines is 1. The maximum Gasteiger partial charge on any atom is 0.231 e. The van der Waals surface area contributed by atoms with E-state index in [1.54, 1.807) is 11.3 Å². The van der Waals surface area contributed by atoms with Gasteiger partial charge in [-0.25, -0.2) is 0 Å². The minimum absolute atomic E-state index is 0.0436. The minimum Gasteiger partial charge on any atom is -0.454 e. The Morgan fingerprint density at radius 1 is 1.21 bits per heavy atom. The van der Waals surface area contributed by atoms with E-state index in [1.807, 2.05) is 24.3 Å². The molecular weight excluding hydrogens is 388 g/mol. The smallest absolute Gasteiger partial charge is 0.231 e. The Morgan fingerprint density at radius 2 is 2.07 bits per heavy atom. The number of nitrogens with zero attached hydrogens (tertiary/aromatic N) is 2. The van der Waals surface area contributed by atoms with Gasteiger partial charge in [-0.2, -0.15) is 5.10 Å². The molecule has 2 aliphatic heterocycles. The molecule has 4 heterocycles. The highest BCUT2D eigenvalue weighted by Crippen LogP contribution is 2.32. The maximum absolute atomic E-state index is 12.5. The van der Waals surface area contributed by atoms with Crippen molar-refractivity contribution < 1.29 is 14.3 Å². The third-order valence-corrected chi connectivity index (χ3v) is 6.24. The van der Waals surface area contributed by atoms with E-state index in [0.717, 1.165) is 48.8 Å². The van der Waals surface area contributed by atoms with Gasteiger partial charge in [0.05, 0.1) is 17.0 Å². The Labute approximate surface area is 172 Å². The van der Waals surface area contributed by atoms with Crippen molar-refractivity contribution in [1.82, 2.24) is 15.5 Å². The zero-order valence-corrected chi connectivity index (χ0v) is 16.7. The van der Waals surface area contributed by atoms with Gasteiger partial charge < -0.3 is 19.7 Å². The van der Waals surface area contributed by atoms with Gasteiger partial charge in [0.25, 0.3) is 0 Å². The van der Waals surface area contributed by atoms with Crippen LogP contribution in [0.1, 0.15) is 18.4 Å². The standard InChI is InChI=1S/C21H22N4O3S/c26-21(11-14-3-4-17-18(10-14)28-13-27-17)22-15-5-7-25(8-6-15)20-12-16(23-24-20)19-2-1-9-29-19/h1-4,9-10,12,15H,5-8,11,13H2,(H,22,26)(H,23,24). The molecule has 1 amide bonds. The lowest BCUT2D eigenvalue weighted by Gasteiger charge is -2.32. The van der Waals surface area contributed by atoms with E-state index in [0.29, 0.717) is 12.2 Å². The van der Waals surface area contributed by atoms with Crippen molar-refractivity contribution in [1.29, 1.82) is 0 Å². The first-order valence-corrected chi connectivity index (χ1v) is 10.6. The van der Waals surface area contributed by atoms with E-state index in [1.165, 1.54) is 4.88 Å². The Hall–Kier alpha value is -3.00. The molecule has 0 bridgehead atoms. The highest BCUT2D eigenvalue weighted by Gasteiger charge is 2.23. The first-order chi connectivity index (χ1) is 14.2. The third-order valence-electron chi connectivity index (χ3n) is 5.34. The van der Waals surface area contributed by atoms with Crippen molar-refractivity contribution in [3.63, 3.8) is 0 Å². The fourth-order valence-corrected chi connectivity index (χ4v) is 4.49. The molecule has 2 N–H and O–H groups in total. The number of aromatic nitrogens is 2. The van der Waals surface area contributed by atoms with Crippen LogP contribution in [0.5, 0.6) is 11.5 Å². The second kappa shape index (κ2) is 7.79. The summed E-state index contributed by atoms with van der Waals surface area (Å²) in [7, 11) is 0. The first kappa shape index (κ1) is 18.1. The number of piperidine rings is 1. The summed E-state index contributed by atoms with van der Waals surface area (Å²) in [5.74, 6) is 2.47. The SMILES string of the molecule is O=C(Cc1ccc2c(c1)OCO2)NC1CCN(c2cc(-c3cccs3)[nH]n2)CC1. The number of thiophene rings is 1. The molecule has 2 aliphatic rings. The lowest BCUT2D eigenvalue weighted by molar-refractivity contribution is -0.121. The van der Waals surface area contributed by atoms with Gasteiger partial charge in [0.1, 0.15) is 0 Å². The number of hydrogen-bond donors (Lipinski definition) is 2. The average Bonchev–Trinajstić information content (AvgIpc) is 3.48. The van der Waals surface area contributed by atoms with Crippen LogP contribution in [0.4, 0.5) is 5.82 Å². The van der Waals surface area contributed by atoms with Gasteiger partial charge in [0, 0.05) is 25.2 Å². The van der Waals surface area contributed by atoms with Gasteiger partial charge in [-0.3, -0.25) is 9.89 Å². The lowest BCUT2D eigenvalue weighted by atomic mass is 10.0. The van der Waals surface area contributed by atoms with Crippen molar-refractivity contribution >= 4 is 23.1 Å². The van der Waals surface area contributed by atoms with Crippen molar-refractivity contribution in [3.05, 3.63) is 47.3 Å². The number of nitrogens with one attached hydrogen (secondary N) is 2. The Kier molecular flexibility index (Phi) is 4.85. The largest absolute Gasteiger partial charge is 0.454 e. The summed E-state index contributed by atoms with van der Waals surface area (Å²) in [6, 6.07) is 12.1. The number of carbonyl (C=O) groups excluding carboxylic acids is 1. The molecule has 8 heteroatoms. The van der Waals surface area contributed by atoms with E-state index in [-0.39, 0.29) is 18.7 Å². The van der Waals surface area contributed by atoms with Crippen LogP contribution < -0.4 is 19.7 Å². The minimum atomic E-state index is 0.0436. The van der Waals surface area contributed by atoms with Crippen molar-refractivity contribution in [3.8, 4) is 22.1 Å².